The highest BCUT2D eigenvalue weighted by Gasteiger charge is 2.03. The number of esters is 1. The first-order valence-electron chi connectivity index (χ1n) is 7.15. The number of unbranched alkanes of at least 4 members (excludes halogenated alkanes) is 2. The third-order valence-electron chi connectivity index (χ3n) is 3.37. The fraction of sp³-hybridized carbons (Fsp3) is 0.375. The average Bonchev–Trinajstić information content (AvgIpc) is 2.50. The van der Waals surface area contributed by atoms with E-state index in [4.69, 9.17) is 5.73 Å². The number of carbonyl (C=O) groups excluding carboxylic acids is 1. The highest BCUT2D eigenvalue weighted by molar-refractivity contribution is 5.93. The van der Waals surface area contributed by atoms with E-state index in [-0.39, 0.29) is 5.97 Å². The van der Waals surface area contributed by atoms with Gasteiger partial charge in [0.25, 0.3) is 0 Å². The van der Waals surface area contributed by atoms with E-state index in [1.54, 1.807) is 6.20 Å². The second-order valence-electron chi connectivity index (χ2n) is 4.95. The van der Waals surface area contributed by atoms with Gasteiger partial charge in [-0.05, 0) is 36.4 Å². The first-order valence-corrected chi connectivity index (χ1v) is 7.15. The maximum atomic E-state index is 11.0. The molecule has 0 fully saturated rings. The van der Waals surface area contributed by atoms with E-state index in [1.165, 1.54) is 7.11 Å². The maximum Gasteiger partial charge on any atom is 0.305 e. The van der Waals surface area contributed by atoms with Crippen molar-refractivity contribution < 1.29 is 9.53 Å². The third-order valence-corrected chi connectivity index (χ3v) is 3.37. The van der Waals surface area contributed by atoms with Crippen molar-refractivity contribution in [2.24, 2.45) is 0 Å². The minimum absolute atomic E-state index is 0.144. The van der Waals surface area contributed by atoms with Crippen LogP contribution in [-0.4, -0.2) is 24.6 Å². The Morgan fingerprint density at radius 3 is 2.95 bits per heavy atom. The van der Waals surface area contributed by atoms with E-state index in [0.29, 0.717) is 6.42 Å². The van der Waals surface area contributed by atoms with Crippen LogP contribution in [-0.2, 0) is 9.53 Å². The van der Waals surface area contributed by atoms with Crippen LogP contribution >= 0.6 is 0 Å². The number of anilines is 2. The number of nitrogens with two attached hydrogens (primary N) is 1. The van der Waals surface area contributed by atoms with Crippen LogP contribution in [0.25, 0.3) is 10.8 Å². The first-order chi connectivity index (χ1) is 10.2. The Kier molecular flexibility index (Phi) is 5.37. The SMILES string of the molecule is COC(=O)CCCCCNc1nccc2ccc(N)cc12. The second kappa shape index (κ2) is 7.47. The number of aromatic nitrogens is 1. The van der Waals surface area contributed by atoms with E-state index in [1.807, 2.05) is 24.3 Å². The van der Waals surface area contributed by atoms with Gasteiger partial charge in [0, 0.05) is 30.2 Å². The van der Waals surface area contributed by atoms with Crippen LogP contribution in [0, 0.1) is 0 Å². The van der Waals surface area contributed by atoms with Gasteiger partial charge < -0.3 is 15.8 Å². The standard InChI is InChI=1S/C16H21N3O2/c1-21-15(20)5-3-2-4-9-18-16-14-11-13(17)7-6-12(14)8-10-19-16/h6-8,10-11H,2-5,9,17H2,1H3,(H,18,19). The predicted octanol–water partition coefficient (Wildman–Crippen LogP) is 2.96. The number of nitrogens with zero attached hydrogens (tertiary/aromatic N) is 1. The van der Waals surface area contributed by atoms with Crippen molar-refractivity contribution in [1.82, 2.24) is 4.98 Å². The van der Waals surface area contributed by atoms with Crippen LogP contribution < -0.4 is 11.1 Å². The molecule has 2 aromatic rings. The minimum Gasteiger partial charge on any atom is -0.469 e. The van der Waals surface area contributed by atoms with E-state index >= 15 is 0 Å². The fourth-order valence-corrected chi connectivity index (χ4v) is 2.21. The largest absolute Gasteiger partial charge is 0.469 e. The molecular weight excluding hydrogens is 266 g/mol. The average molecular weight is 287 g/mol. The molecule has 21 heavy (non-hydrogen) atoms. The number of hydrogen-bond acceptors (Lipinski definition) is 5. The van der Waals surface area contributed by atoms with Crippen LogP contribution in [0.4, 0.5) is 11.5 Å². The summed E-state index contributed by atoms with van der Waals surface area (Å²) in [6.07, 6.45) is 5.09. The number of rotatable bonds is 7. The van der Waals surface area contributed by atoms with Crippen molar-refractivity contribution in [2.75, 3.05) is 24.7 Å². The highest BCUT2D eigenvalue weighted by Crippen LogP contribution is 2.23. The summed E-state index contributed by atoms with van der Waals surface area (Å²) in [5, 5.41) is 5.49. The van der Waals surface area contributed by atoms with Crippen LogP contribution in [0.1, 0.15) is 25.7 Å². The lowest BCUT2D eigenvalue weighted by atomic mass is 10.1. The lowest BCUT2D eigenvalue weighted by Gasteiger charge is -2.09. The summed E-state index contributed by atoms with van der Waals surface area (Å²) in [5.74, 6) is 0.710. The van der Waals surface area contributed by atoms with E-state index in [9.17, 15) is 4.79 Å². The molecule has 1 heterocycles. The van der Waals surface area contributed by atoms with Crippen molar-refractivity contribution >= 4 is 28.2 Å². The lowest BCUT2D eigenvalue weighted by Crippen LogP contribution is -2.05. The van der Waals surface area contributed by atoms with Gasteiger partial charge in [0.05, 0.1) is 7.11 Å². The zero-order valence-electron chi connectivity index (χ0n) is 12.3. The Balaban J connectivity index is 1.84. The van der Waals surface area contributed by atoms with Gasteiger partial charge in [-0.15, -0.1) is 0 Å². The maximum absolute atomic E-state index is 11.0. The van der Waals surface area contributed by atoms with Crippen molar-refractivity contribution in [1.29, 1.82) is 0 Å². The molecular formula is C16H21N3O2. The van der Waals surface area contributed by atoms with E-state index in [2.05, 4.69) is 15.0 Å². The molecule has 0 amide bonds. The Morgan fingerprint density at radius 1 is 1.29 bits per heavy atom. The Labute approximate surface area is 124 Å². The second-order valence-corrected chi connectivity index (χ2v) is 4.95. The summed E-state index contributed by atoms with van der Waals surface area (Å²) in [6, 6.07) is 7.78. The van der Waals surface area contributed by atoms with Crippen LogP contribution in [0.15, 0.2) is 30.5 Å². The summed E-state index contributed by atoms with van der Waals surface area (Å²) in [7, 11) is 1.42. The van der Waals surface area contributed by atoms with Crippen molar-refractivity contribution in [3.63, 3.8) is 0 Å². The molecule has 0 unspecified atom stereocenters. The number of benzene rings is 1. The first kappa shape index (κ1) is 15.1. The molecule has 112 valence electrons. The monoisotopic (exact) mass is 287 g/mol. The van der Waals surface area contributed by atoms with Crippen molar-refractivity contribution in [3.05, 3.63) is 30.5 Å². The predicted molar refractivity (Wildman–Crippen MR) is 85.1 cm³/mol. The van der Waals surface area contributed by atoms with E-state index < -0.39 is 0 Å². The quantitative estimate of drug-likeness (QED) is 0.465. The minimum atomic E-state index is -0.144. The molecule has 0 saturated carbocycles. The van der Waals surface area contributed by atoms with Crippen LogP contribution in [0.3, 0.4) is 0 Å². The number of hydrogen-bond donors (Lipinski definition) is 2. The van der Waals surface area contributed by atoms with Gasteiger partial charge >= 0.3 is 5.97 Å². The summed E-state index contributed by atoms with van der Waals surface area (Å²) in [6.45, 7) is 0.822. The normalized spacial score (nSPS) is 10.5. The van der Waals surface area contributed by atoms with Gasteiger partial charge in [-0.2, -0.15) is 0 Å². The van der Waals surface area contributed by atoms with Crippen LogP contribution in [0.5, 0.6) is 0 Å². The van der Waals surface area contributed by atoms with Crippen molar-refractivity contribution in [2.45, 2.75) is 25.7 Å². The van der Waals surface area contributed by atoms with E-state index in [0.717, 1.165) is 48.1 Å². The number of ether oxygens (including phenoxy) is 1. The molecule has 0 aliphatic rings. The molecule has 0 bridgehead atoms. The van der Waals surface area contributed by atoms with Crippen LogP contribution in [0.2, 0.25) is 0 Å². The molecule has 0 radical (unpaired) electrons. The molecule has 1 aromatic carbocycles. The molecule has 0 spiro atoms. The number of carbonyl (C=O) groups is 1. The van der Waals surface area contributed by atoms with Gasteiger partial charge in [-0.25, -0.2) is 4.98 Å². The molecule has 0 atom stereocenters. The fourth-order valence-electron chi connectivity index (χ4n) is 2.21. The molecule has 5 heteroatoms. The zero-order chi connectivity index (χ0) is 15.1. The summed E-state index contributed by atoms with van der Waals surface area (Å²) < 4.78 is 4.61. The number of fused-ring (bicyclic) bond motifs is 1. The smallest absolute Gasteiger partial charge is 0.305 e. The van der Waals surface area contributed by atoms with Gasteiger partial charge in [-0.3, -0.25) is 4.79 Å². The van der Waals surface area contributed by atoms with Gasteiger partial charge in [0.1, 0.15) is 5.82 Å². The Morgan fingerprint density at radius 2 is 2.14 bits per heavy atom. The number of nitrogen functional groups attached to an aromatic ring is 1. The van der Waals surface area contributed by atoms with Gasteiger partial charge in [0.2, 0.25) is 0 Å². The number of nitrogens with one attached hydrogen (secondary N) is 1. The highest BCUT2D eigenvalue weighted by atomic mass is 16.5. The molecule has 0 saturated heterocycles. The molecule has 2 rings (SSSR count). The Bertz CT molecular complexity index is 613. The van der Waals surface area contributed by atoms with Crippen molar-refractivity contribution in [3.8, 4) is 0 Å². The Hall–Kier alpha value is -2.30. The zero-order valence-corrected chi connectivity index (χ0v) is 12.3. The molecule has 0 aliphatic heterocycles. The third kappa shape index (κ3) is 4.34. The summed E-state index contributed by atoms with van der Waals surface area (Å²) in [4.78, 5) is 15.4. The topological polar surface area (TPSA) is 77.2 Å². The number of methoxy groups -OCH3 is 1. The molecule has 3 N–H and O–H groups in total. The lowest BCUT2D eigenvalue weighted by molar-refractivity contribution is -0.140. The van der Waals surface area contributed by atoms with Gasteiger partial charge in [-0.1, -0.05) is 12.5 Å². The summed E-state index contributed by atoms with van der Waals surface area (Å²) in [5.41, 5.74) is 6.56. The van der Waals surface area contributed by atoms with Gasteiger partial charge in [0.15, 0.2) is 0 Å². The number of pyridine rings is 1. The molecule has 1 aromatic heterocycles. The molecule has 5 nitrogen and oxygen atoms in total. The summed E-state index contributed by atoms with van der Waals surface area (Å²) >= 11 is 0. The molecule has 0 aliphatic carbocycles.